The summed E-state index contributed by atoms with van der Waals surface area (Å²) in [5.41, 5.74) is -0.0394. The molecule has 2 aromatic heterocycles. The lowest BCUT2D eigenvalue weighted by atomic mass is 9.96. The van der Waals surface area contributed by atoms with Crippen molar-refractivity contribution < 1.29 is 17.7 Å². The number of benzene rings is 1. The smallest absolute Gasteiger partial charge is 0.338 e. The molecular weight excluding hydrogens is 365 g/mol. The lowest BCUT2D eigenvalue weighted by Gasteiger charge is -2.12. The molecule has 0 fully saturated rings. The Bertz CT molecular complexity index is 934. The lowest BCUT2D eigenvalue weighted by molar-refractivity contribution is -0.145. The number of rotatable bonds is 3. The van der Waals surface area contributed by atoms with Crippen molar-refractivity contribution in [3.05, 3.63) is 41.8 Å². The number of fused-ring (bicyclic) bond motifs is 1. The molecule has 0 aliphatic carbocycles. The molecule has 0 saturated heterocycles. The Morgan fingerprint density at radius 1 is 1.00 bits per heavy atom. The van der Waals surface area contributed by atoms with E-state index in [1.165, 1.54) is 6.07 Å². The first-order valence-corrected chi connectivity index (χ1v) is 8.78. The number of nitrogens with zero attached hydrogens (tertiary/aromatic N) is 4. The van der Waals surface area contributed by atoms with E-state index in [0.717, 1.165) is 11.8 Å². The van der Waals surface area contributed by atoms with Crippen molar-refractivity contribution >= 4 is 22.7 Å². The molecule has 3 rings (SSSR count). The van der Waals surface area contributed by atoms with E-state index in [4.69, 9.17) is 4.52 Å². The molecule has 26 heavy (non-hydrogen) atoms. The quantitative estimate of drug-likeness (QED) is 0.459. The van der Waals surface area contributed by atoms with E-state index in [1.807, 2.05) is 20.8 Å². The normalized spacial score (nSPS) is 14.0. The first-order chi connectivity index (χ1) is 12.1. The fraction of sp³-hybridized carbons (Fsp3) is 0.412. The number of thioether (sulfide) groups is 1. The largest absolute Gasteiger partial charge is 0.451 e. The van der Waals surface area contributed by atoms with Crippen LogP contribution in [0.1, 0.15) is 50.5 Å². The van der Waals surface area contributed by atoms with E-state index in [0.29, 0.717) is 17.1 Å². The molecule has 3 aromatic rings. The van der Waals surface area contributed by atoms with Gasteiger partial charge < -0.3 is 4.52 Å². The number of hydrogen-bond acceptors (Lipinski definition) is 6. The van der Waals surface area contributed by atoms with Gasteiger partial charge in [0, 0.05) is 10.8 Å². The summed E-state index contributed by atoms with van der Waals surface area (Å²) in [5.74, 6) is -0.272. The highest BCUT2D eigenvalue weighted by Crippen LogP contribution is 2.38. The Balaban J connectivity index is 1.98. The lowest BCUT2D eigenvalue weighted by Crippen LogP contribution is -2.13. The predicted octanol–water partition coefficient (Wildman–Crippen LogP) is 5.18. The van der Waals surface area contributed by atoms with Gasteiger partial charge in [-0.15, -0.1) is 0 Å². The van der Waals surface area contributed by atoms with Crippen LogP contribution in [-0.2, 0) is 11.6 Å². The van der Waals surface area contributed by atoms with Gasteiger partial charge in [-0.05, 0) is 13.0 Å². The molecule has 5 nitrogen and oxygen atoms in total. The Morgan fingerprint density at radius 2 is 1.69 bits per heavy atom. The Labute approximate surface area is 152 Å². The van der Waals surface area contributed by atoms with Crippen LogP contribution in [0.4, 0.5) is 13.2 Å². The summed E-state index contributed by atoms with van der Waals surface area (Å²) in [7, 11) is 0. The van der Waals surface area contributed by atoms with Gasteiger partial charge in [-0.25, -0.2) is 9.97 Å². The number of halogens is 3. The van der Waals surface area contributed by atoms with Crippen LogP contribution < -0.4 is 0 Å². The van der Waals surface area contributed by atoms with Gasteiger partial charge in [0.15, 0.2) is 5.82 Å². The maximum Gasteiger partial charge on any atom is 0.451 e. The fourth-order valence-corrected chi connectivity index (χ4v) is 3.16. The minimum Gasteiger partial charge on any atom is -0.338 e. The first-order valence-electron chi connectivity index (χ1n) is 7.90. The Kier molecular flexibility index (Phi) is 4.68. The molecule has 0 N–H and O–H groups in total. The second kappa shape index (κ2) is 6.53. The van der Waals surface area contributed by atoms with Crippen molar-refractivity contribution in [3.63, 3.8) is 0 Å². The average molecular weight is 382 g/mol. The summed E-state index contributed by atoms with van der Waals surface area (Å²) in [4.78, 5) is 11.7. The van der Waals surface area contributed by atoms with Crippen LogP contribution in [-0.4, -0.2) is 20.1 Å². The third-order valence-electron chi connectivity index (χ3n) is 3.57. The number of para-hydroxylation sites is 1. The summed E-state index contributed by atoms with van der Waals surface area (Å²) in [6, 6.07) is 6.60. The summed E-state index contributed by atoms with van der Waals surface area (Å²) >= 11 is 1.13. The van der Waals surface area contributed by atoms with Crippen molar-refractivity contribution in [2.75, 3.05) is 0 Å². The highest BCUT2D eigenvalue weighted by Gasteiger charge is 2.36. The van der Waals surface area contributed by atoms with Gasteiger partial charge in [0.05, 0.1) is 10.8 Å². The molecule has 1 atom stereocenters. The predicted molar refractivity (Wildman–Crippen MR) is 91.8 cm³/mol. The summed E-state index contributed by atoms with van der Waals surface area (Å²) in [6.07, 6.45) is -4.62. The van der Waals surface area contributed by atoms with E-state index >= 15 is 0 Å². The first kappa shape index (κ1) is 18.6. The van der Waals surface area contributed by atoms with E-state index < -0.39 is 12.0 Å². The molecule has 0 aliphatic heterocycles. The number of hydrogen-bond donors (Lipinski definition) is 0. The minimum absolute atomic E-state index is 0.228. The van der Waals surface area contributed by atoms with E-state index in [-0.39, 0.29) is 21.2 Å². The van der Waals surface area contributed by atoms with E-state index in [1.54, 1.807) is 25.1 Å². The molecule has 0 saturated carbocycles. The van der Waals surface area contributed by atoms with E-state index in [2.05, 4.69) is 20.1 Å². The van der Waals surface area contributed by atoms with Crippen LogP contribution in [0, 0.1) is 0 Å². The van der Waals surface area contributed by atoms with Crippen molar-refractivity contribution in [2.45, 2.75) is 49.6 Å². The third kappa shape index (κ3) is 3.82. The van der Waals surface area contributed by atoms with Gasteiger partial charge in [-0.1, -0.05) is 55.9 Å². The molecule has 0 bridgehead atoms. The fourth-order valence-electron chi connectivity index (χ4n) is 2.19. The van der Waals surface area contributed by atoms with Gasteiger partial charge >= 0.3 is 6.18 Å². The highest BCUT2D eigenvalue weighted by atomic mass is 32.2. The molecule has 138 valence electrons. The Hall–Kier alpha value is -2.16. The summed E-state index contributed by atoms with van der Waals surface area (Å²) in [5, 5.41) is 4.37. The summed E-state index contributed by atoms with van der Waals surface area (Å²) < 4.78 is 44.6. The maximum absolute atomic E-state index is 13.1. The maximum atomic E-state index is 13.1. The zero-order valence-corrected chi connectivity index (χ0v) is 15.4. The monoisotopic (exact) mass is 382 g/mol. The number of aromatic nitrogens is 4. The van der Waals surface area contributed by atoms with Crippen molar-refractivity contribution in [1.82, 2.24) is 20.1 Å². The second-order valence-corrected chi connectivity index (χ2v) is 8.16. The molecule has 2 heterocycles. The second-order valence-electron chi connectivity index (χ2n) is 6.83. The van der Waals surface area contributed by atoms with E-state index in [9.17, 15) is 13.2 Å². The molecular formula is C17H17F3N4OS. The number of alkyl halides is 3. The molecule has 0 aliphatic rings. The topological polar surface area (TPSA) is 64.7 Å². The van der Waals surface area contributed by atoms with Crippen LogP contribution in [0.5, 0.6) is 0 Å². The molecule has 1 aromatic carbocycles. The molecule has 9 heteroatoms. The summed E-state index contributed by atoms with van der Waals surface area (Å²) in [6.45, 7) is 7.64. The van der Waals surface area contributed by atoms with Gasteiger partial charge in [0.1, 0.15) is 5.03 Å². The van der Waals surface area contributed by atoms with Crippen molar-refractivity contribution in [3.8, 4) is 0 Å². The van der Waals surface area contributed by atoms with Crippen molar-refractivity contribution in [2.24, 2.45) is 0 Å². The van der Waals surface area contributed by atoms with Crippen LogP contribution in [0.3, 0.4) is 0 Å². The average Bonchev–Trinajstić information content (AvgIpc) is 3.04. The minimum atomic E-state index is -4.62. The molecule has 0 amide bonds. The third-order valence-corrected chi connectivity index (χ3v) is 4.66. The van der Waals surface area contributed by atoms with Crippen LogP contribution in [0.2, 0.25) is 0 Å². The SMILES string of the molecule is CC(Sc1nc(C(F)(F)F)nc2ccccc12)c1nc(C(C)(C)C)no1. The molecule has 0 radical (unpaired) electrons. The zero-order valence-electron chi connectivity index (χ0n) is 14.6. The molecule has 1 unspecified atom stereocenters. The van der Waals surface area contributed by atoms with Gasteiger partial charge in [-0.3, -0.25) is 0 Å². The highest BCUT2D eigenvalue weighted by molar-refractivity contribution is 7.99. The zero-order chi connectivity index (χ0) is 19.1. The van der Waals surface area contributed by atoms with Gasteiger partial charge in [0.2, 0.25) is 11.7 Å². The standard InChI is InChI=1S/C17H17F3N4OS/c1-9(12-22-14(24-25-12)16(2,3)4)26-13-10-7-5-6-8-11(10)21-15(23-13)17(18,19)20/h5-9H,1-4H3. The van der Waals surface area contributed by atoms with Crippen molar-refractivity contribution in [1.29, 1.82) is 0 Å². The van der Waals surface area contributed by atoms with Gasteiger partial charge in [-0.2, -0.15) is 18.2 Å². The van der Waals surface area contributed by atoms with Crippen LogP contribution in [0.25, 0.3) is 10.9 Å². The van der Waals surface area contributed by atoms with Crippen LogP contribution >= 0.6 is 11.8 Å². The van der Waals surface area contributed by atoms with Gasteiger partial charge in [0.25, 0.3) is 0 Å². The Morgan fingerprint density at radius 3 is 2.31 bits per heavy atom. The molecule has 0 spiro atoms. The van der Waals surface area contributed by atoms with Crippen LogP contribution in [0.15, 0.2) is 33.8 Å².